The number of sulfonamides is 1. The van der Waals surface area contributed by atoms with Gasteiger partial charge in [-0.1, -0.05) is 32.0 Å². The van der Waals surface area contributed by atoms with Gasteiger partial charge >= 0.3 is 0 Å². The average molecular weight is 376 g/mol. The van der Waals surface area contributed by atoms with Gasteiger partial charge in [-0.25, -0.2) is 8.42 Å². The number of nitrogens with zero attached hydrogens (tertiary/aromatic N) is 1. The Hall–Kier alpha value is -2.38. The molecule has 0 aliphatic rings. The second-order valence-corrected chi connectivity index (χ2v) is 7.59. The lowest BCUT2D eigenvalue weighted by atomic mass is 10.2. The Morgan fingerprint density at radius 3 is 2.42 bits per heavy atom. The van der Waals surface area contributed by atoms with Crippen molar-refractivity contribution in [3.8, 4) is 5.75 Å². The van der Waals surface area contributed by atoms with Crippen molar-refractivity contribution in [1.82, 2.24) is 9.62 Å². The van der Waals surface area contributed by atoms with Gasteiger partial charge in [-0.3, -0.25) is 4.79 Å². The van der Waals surface area contributed by atoms with Gasteiger partial charge < -0.3 is 10.1 Å². The molecule has 0 saturated carbocycles. The lowest BCUT2D eigenvalue weighted by molar-refractivity contribution is 0.0950. The molecule has 6 nitrogen and oxygen atoms in total. The van der Waals surface area contributed by atoms with Gasteiger partial charge in [0.1, 0.15) is 5.75 Å². The van der Waals surface area contributed by atoms with Crippen LogP contribution in [0.4, 0.5) is 0 Å². The summed E-state index contributed by atoms with van der Waals surface area (Å²) in [5.74, 6) is 0.383. The standard InChI is InChI=1S/C19H24N2O4S/c1-4-21(5-2)26(23,24)18-11-7-9-16(13-18)19(22)20-14-15-8-6-10-17(12-15)25-3/h6-13H,4-5,14H2,1-3H3,(H,20,22). The van der Waals surface area contributed by atoms with Gasteiger partial charge in [0, 0.05) is 25.2 Å². The molecule has 0 aliphatic carbocycles. The molecule has 0 radical (unpaired) electrons. The number of carbonyl (C=O) groups is 1. The van der Waals surface area contributed by atoms with Crippen LogP contribution in [-0.2, 0) is 16.6 Å². The minimum Gasteiger partial charge on any atom is -0.497 e. The lowest BCUT2D eigenvalue weighted by Gasteiger charge is -2.18. The minimum absolute atomic E-state index is 0.121. The van der Waals surface area contributed by atoms with Crippen molar-refractivity contribution in [1.29, 1.82) is 0 Å². The van der Waals surface area contributed by atoms with Crippen LogP contribution in [0, 0.1) is 0 Å². The van der Waals surface area contributed by atoms with Crippen LogP contribution in [0.2, 0.25) is 0 Å². The fourth-order valence-electron chi connectivity index (χ4n) is 2.58. The van der Waals surface area contributed by atoms with Crippen LogP contribution >= 0.6 is 0 Å². The molecule has 2 aromatic rings. The fourth-order valence-corrected chi connectivity index (χ4v) is 4.08. The highest BCUT2D eigenvalue weighted by molar-refractivity contribution is 7.89. The maximum absolute atomic E-state index is 12.6. The third-order valence-corrected chi connectivity index (χ3v) is 6.07. The first-order valence-corrected chi connectivity index (χ1v) is 9.87. The van der Waals surface area contributed by atoms with Gasteiger partial charge in [-0.2, -0.15) is 4.31 Å². The number of hydrogen-bond donors (Lipinski definition) is 1. The average Bonchev–Trinajstić information content (AvgIpc) is 2.67. The first kappa shape index (κ1) is 19.9. The molecule has 1 amide bonds. The number of methoxy groups -OCH3 is 1. The zero-order valence-electron chi connectivity index (χ0n) is 15.2. The summed E-state index contributed by atoms with van der Waals surface area (Å²) < 4.78 is 31.7. The molecule has 0 saturated heterocycles. The van der Waals surface area contributed by atoms with Crippen molar-refractivity contribution >= 4 is 15.9 Å². The third-order valence-electron chi connectivity index (χ3n) is 4.03. The molecule has 0 bridgehead atoms. The van der Waals surface area contributed by atoms with Crippen LogP contribution in [-0.4, -0.2) is 38.8 Å². The first-order valence-electron chi connectivity index (χ1n) is 8.43. The van der Waals surface area contributed by atoms with Crippen molar-refractivity contribution in [2.75, 3.05) is 20.2 Å². The molecule has 2 rings (SSSR count). The van der Waals surface area contributed by atoms with Gasteiger partial charge in [0.05, 0.1) is 12.0 Å². The van der Waals surface area contributed by atoms with Crippen molar-refractivity contribution < 1.29 is 17.9 Å². The Morgan fingerprint density at radius 2 is 1.77 bits per heavy atom. The minimum atomic E-state index is -3.60. The van der Waals surface area contributed by atoms with E-state index in [1.807, 2.05) is 24.3 Å². The van der Waals surface area contributed by atoms with E-state index in [-0.39, 0.29) is 10.8 Å². The Morgan fingerprint density at radius 1 is 1.08 bits per heavy atom. The summed E-state index contributed by atoms with van der Waals surface area (Å²) >= 11 is 0. The van der Waals surface area contributed by atoms with E-state index in [0.717, 1.165) is 5.56 Å². The maximum atomic E-state index is 12.6. The number of ether oxygens (including phenoxy) is 1. The number of benzene rings is 2. The van der Waals surface area contributed by atoms with Crippen LogP contribution < -0.4 is 10.1 Å². The van der Waals surface area contributed by atoms with E-state index in [9.17, 15) is 13.2 Å². The predicted octanol–water partition coefficient (Wildman–Crippen LogP) is 2.66. The van der Waals surface area contributed by atoms with Gasteiger partial charge in [0.15, 0.2) is 0 Å². The molecule has 0 fully saturated rings. The molecule has 0 atom stereocenters. The highest BCUT2D eigenvalue weighted by Gasteiger charge is 2.22. The number of carbonyl (C=O) groups excluding carboxylic acids is 1. The molecule has 0 unspecified atom stereocenters. The predicted molar refractivity (Wildman–Crippen MR) is 101 cm³/mol. The van der Waals surface area contributed by atoms with E-state index in [2.05, 4.69) is 5.32 Å². The molecule has 140 valence electrons. The van der Waals surface area contributed by atoms with Crippen LogP contribution in [0.1, 0.15) is 29.8 Å². The smallest absolute Gasteiger partial charge is 0.251 e. The highest BCUT2D eigenvalue weighted by Crippen LogP contribution is 2.17. The quantitative estimate of drug-likeness (QED) is 0.768. The monoisotopic (exact) mass is 376 g/mol. The number of hydrogen-bond acceptors (Lipinski definition) is 4. The summed E-state index contributed by atoms with van der Waals surface area (Å²) in [6, 6.07) is 13.5. The van der Waals surface area contributed by atoms with E-state index in [4.69, 9.17) is 4.74 Å². The second-order valence-electron chi connectivity index (χ2n) is 5.65. The van der Waals surface area contributed by atoms with Gasteiger partial charge in [0.25, 0.3) is 5.91 Å². The normalized spacial score (nSPS) is 11.4. The molecule has 1 N–H and O–H groups in total. The molecular formula is C19H24N2O4S. The molecule has 0 aromatic heterocycles. The fraction of sp³-hybridized carbons (Fsp3) is 0.316. The highest BCUT2D eigenvalue weighted by atomic mass is 32.2. The molecule has 0 spiro atoms. The summed E-state index contributed by atoms with van der Waals surface area (Å²) in [6.45, 7) is 4.65. The molecule has 7 heteroatoms. The van der Waals surface area contributed by atoms with Crippen molar-refractivity contribution in [3.63, 3.8) is 0 Å². The van der Waals surface area contributed by atoms with E-state index in [1.165, 1.54) is 16.4 Å². The topological polar surface area (TPSA) is 75.7 Å². The van der Waals surface area contributed by atoms with Crippen molar-refractivity contribution in [2.24, 2.45) is 0 Å². The van der Waals surface area contributed by atoms with Crippen LogP contribution in [0.25, 0.3) is 0 Å². The number of amides is 1. The largest absolute Gasteiger partial charge is 0.497 e. The van der Waals surface area contributed by atoms with Gasteiger partial charge in [-0.15, -0.1) is 0 Å². The second kappa shape index (κ2) is 8.82. The van der Waals surface area contributed by atoms with Crippen LogP contribution in [0.15, 0.2) is 53.4 Å². The SMILES string of the molecule is CCN(CC)S(=O)(=O)c1cccc(C(=O)NCc2cccc(OC)c2)c1. The van der Waals surface area contributed by atoms with Gasteiger partial charge in [-0.05, 0) is 35.9 Å². The molecule has 0 heterocycles. The summed E-state index contributed by atoms with van der Waals surface area (Å²) in [4.78, 5) is 12.5. The zero-order chi connectivity index (χ0) is 19.2. The number of nitrogens with one attached hydrogen (secondary N) is 1. The lowest BCUT2D eigenvalue weighted by Crippen LogP contribution is -2.31. The summed E-state index contributed by atoms with van der Waals surface area (Å²) in [5.41, 5.74) is 1.20. The molecule has 2 aromatic carbocycles. The van der Waals surface area contributed by atoms with E-state index < -0.39 is 10.0 Å². The maximum Gasteiger partial charge on any atom is 0.251 e. The molecule has 26 heavy (non-hydrogen) atoms. The Kier molecular flexibility index (Phi) is 6.76. The van der Waals surface area contributed by atoms with Crippen LogP contribution in [0.3, 0.4) is 0 Å². The Balaban J connectivity index is 2.15. The van der Waals surface area contributed by atoms with Crippen molar-refractivity contribution in [3.05, 3.63) is 59.7 Å². The van der Waals surface area contributed by atoms with Crippen molar-refractivity contribution in [2.45, 2.75) is 25.3 Å². The summed E-state index contributed by atoms with van der Waals surface area (Å²) in [7, 11) is -2.01. The van der Waals surface area contributed by atoms with Crippen LogP contribution in [0.5, 0.6) is 5.75 Å². The Bertz CT molecular complexity index is 861. The van der Waals surface area contributed by atoms with E-state index >= 15 is 0 Å². The van der Waals surface area contributed by atoms with E-state index in [0.29, 0.717) is 30.9 Å². The third kappa shape index (κ3) is 4.62. The number of rotatable bonds is 8. The Labute approximate surface area is 154 Å². The molecule has 0 aliphatic heterocycles. The molecular weight excluding hydrogens is 352 g/mol. The summed E-state index contributed by atoms with van der Waals surface area (Å²) in [6.07, 6.45) is 0. The first-order chi connectivity index (χ1) is 12.4. The zero-order valence-corrected chi connectivity index (χ0v) is 16.0. The van der Waals surface area contributed by atoms with E-state index in [1.54, 1.807) is 33.1 Å². The van der Waals surface area contributed by atoms with Gasteiger partial charge in [0.2, 0.25) is 10.0 Å². The summed E-state index contributed by atoms with van der Waals surface area (Å²) in [5, 5.41) is 2.80.